The molecule has 4 rings (SSSR count). The first-order valence-electron chi connectivity index (χ1n) is 9.69. The minimum absolute atomic E-state index is 0.248. The number of thioether (sulfide) groups is 1. The molecule has 1 fully saturated rings. The van der Waals surface area contributed by atoms with E-state index in [4.69, 9.17) is 0 Å². The van der Waals surface area contributed by atoms with Crippen LogP contribution < -0.4 is 0 Å². The molecule has 1 saturated heterocycles. The van der Waals surface area contributed by atoms with Crippen molar-refractivity contribution in [1.29, 1.82) is 0 Å². The van der Waals surface area contributed by atoms with Gasteiger partial charge in [-0.3, -0.25) is 4.79 Å². The van der Waals surface area contributed by atoms with Gasteiger partial charge in [-0.25, -0.2) is 0 Å². The fourth-order valence-corrected chi connectivity index (χ4v) is 4.77. The zero-order valence-corrected chi connectivity index (χ0v) is 16.0. The Kier molecular flexibility index (Phi) is 5.58. The van der Waals surface area contributed by atoms with E-state index < -0.39 is 0 Å². The molecule has 1 aromatic heterocycles. The minimum Gasteiger partial charge on any atom is -0.342 e. The third-order valence-electron chi connectivity index (χ3n) is 5.46. The lowest BCUT2D eigenvalue weighted by Gasteiger charge is -2.31. The summed E-state index contributed by atoms with van der Waals surface area (Å²) in [6, 6.07) is 10.1. The summed E-state index contributed by atoms with van der Waals surface area (Å²) >= 11 is 1.62. The van der Waals surface area contributed by atoms with Gasteiger partial charge < -0.3 is 9.47 Å². The average molecular weight is 371 g/mol. The van der Waals surface area contributed by atoms with Crippen LogP contribution in [0.2, 0.25) is 0 Å². The van der Waals surface area contributed by atoms with Crippen LogP contribution in [0.3, 0.4) is 0 Å². The molecule has 2 aromatic rings. The zero-order chi connectivity index (χ0) is 17.8. The molecule has 0 aliphatic carbocycles. The molecule has 138 valence electrons. The molecule has 3 heterocycles. The molecule has 26 heavy (non-hydrogen) atoms. The normalized spacial score (nSPS) is 18.4. The Hall–Kier alpha value is -1.82. The number of aryl methyl sites for hydroxylation is 1. The largest absolute Gasteiger partial charge is 0.342 e. The van der Waals surface area contributed by atoms with Crippen molar-refractivity contribution in [2.45, 2.75) is 55.9 Å². The van der Waals surface area contributed by atoms with E-state index in [1.54, 1.807) is 11.8 Å². The van der Waals surface area contributed by atoms with Crippen molar-refractivity contribution in [3.05, 3.63) is 42.0 Å². The van der Waals surface area contributed by atoms with Crippen molar-refractivity contribution >= 4 is 17.7 Å². The van der Waals surface area contributed by atoms with Crippen molar-refractivity contribution in [3.8, 4) is 0 Å². The fourth-order valence-electron chi connectivity index (χ4n) is 3.95. The summed E-state index contributed by atoms with van der Waals surface area (Å²) in [6.45, 7) is 2.73. The second-order valence-electron chi connectivity index (χ2n) is 7.19. The summed E-state index contributed by atoms with van der Waals surface area (Å²) < 4.78 is 2.36. The van der Waals surface area contributed by atoms with Gasteiger partial charge in [0.05, 0.1) is 5.75 Å². The number of likely N-dealkylation sites (tertiary alicyclic amines) is 1. The molecule has 0 N–H and O–H groups in total. The van der Waals surface area contributed by atoms with E-state index in [-0.39, 0.29) is 5.91 Å². The molecular formula is C20H26N4OS. The van der Waals surface area contributed by atoms with Crippen molar-refractivity contribution in [2.75, 3.05) is 18.8 Å². The van der Waals surface area contributed by atoms with Crippen LogP contribution in [0, 0.1) is 0 Å². The van der Waals surface area contributed by atoms with Crippen LogP contribution >= 0.6 is 11.8 Å². The third-order valence-corrected chi connectivity index (χ3v) is 6.45. The Morgan fingerprint density at radius 2 is 1.85 bits per heavy atom. The summed E-state index contributed by atoms with van der Waals surface area (Å²) in [5, 5.41) is 8.95. The highest BCUT2D eigenvalue weighted by Crippen LogP contribution is 2.29. The van der Waals surface area contributed by atoms with Gasteiger partial charge in [0.25, 0.3) is 0 Å². The quantitative estimate of drug-likeness (QED) is 0.773. The van der Waals surface area contributed by atoms with Gasteiger partial charge >= 0.3 is 0 Å². The maximum Gasteiger partial charge on any atom is 0.232 e. The highest BCUT2D eigenvalue weighted by molar-refractivity contribution is 8.00. The molecule has 0 atom stereocenters. The topological polar surface area (TPSA) is 51.0 Å². The van der Waals surface area contributed by atoms with E-state index in [2.05, 4.69) is 26.9 Å². The zero-order valence-electron chi connectivity index (χ0n) is 15.1. The highest BCUT2D eigenvalue weighted by atomic mass is 32.2. The van der Waals surface area contributed by atoms with Crippen molar-refractivity contribution in [2.24, 2.45) is 0 Å². The molecule has 2 aliphatic heterocycles. The van der Waals surface area contributed by atoms with E-state index in [1.165, 1.54) is 19.3 Å². The fraction of sp³-hybridized carbons (Fsp3) is 0.550. The van der Waals surface area contributed by atoms with Crippen molar-refractivity contribution in [1.82, 2.24) is 19.7 Å². The van der Waals surface area contributed by atoms with E-state index in [1.807, 2.05) is 23.1 Å². The van der Waals surface area contributed by atoms with Crippen LogP contribution in [0.5, 0.6) is 0 Å². The van der Waals surface area contributed by atoms with Gasteiger partial charge in [-0.15, -0.1) is 22.0 Å². The number of aromatic nitrogens is 3. The number of fused-ring (bicyclic) bond motifs is 1. The predicted octanol–water partition coefficient (Wildman–Crippen LogP) is 3.50. The number of rotatable bonds is 4. The van der Waals surface area contributed by atoms with Crippen molar-refractivity contribution < 1.29 is 4.79 Å². The van der Waals surface area contributed by atoms with E-state index in [0.717, 1.165) is 55.4 Å². The van der Waals surface area contributed by atoms with E-state index >= 15 is 0 Å². The van der Waals surface area contributed by atoms with Gasteiger partial charge in [-0.1, -0.05) is 24.6 Å². The Labute approximate surface area is 159 Å². The van der Waals surface area contributed by atoms with Gasteiger partial charge in [0.1, 0.15) is 11.6 Å². The van der Waals surface area contributed by atoms with E-state index in [9.17, 15) is 4.79 Å². The summed E-state index contributed by atoms with van der Waals surface area (Å²) in [7, 11) is 0. The summed E-state index contributed by atoms with van der Waals surface area (Å²) in [6.07, 6.45) is 6.80. The molecule has 1 amide bonds. The molecule has 1 aromatic carbocycles. The van der Waals surface area contributed by atoms with Gasteiger partial charge in [0, 0.05) is 36.9 Å². The Bertz CT molecular complexity index is 738. The molecule has 0 spiro atoms. The highest BCUT2D eigenvalue weighted by Gasteiger charge is 2.28. The molecule has 2 aliphatic rings. The lowest BCUT2D eigenvalue weighted by Crippen LogP contribution is -2.39. The number of carbonyl (C=O) groups is 1. The lowest BCUT2D eigenvalue weighted by molar-refractivity contribution is -0.129. The second-order valence-corrected chi connectivity index (χ2v) is 8.24. The first-order chi connectivity index (χ1) is 12.8. The number of piperidine rings is 1. The van der Waals surface area contributed by atoms with Gasteiger partial charge in [0.2, 0.25) is 5.91 Å². The monoisotopic (exact) mass is 370 g/mol. The minimum atomic E-state index is 0.248. The number of hydrogen-bond acceptors (Lipinski definition) is 4. The number of hydrogen-bond donors (Lipinski definition) is 0. The summed E-state index contributed by atoms with van der Waals surface area (Å²) in [5.74, 6) is 3.54. The molecular weight excluding hydrogens is 344 g/mol. The van der Waals surface area contributed by atoms with Crippen LogP contribution in [0.25, 0.3) is 0 Å². The average Bonchev–Trinajstić information content (AvgIpc) is 2.95. The number of carbonyl (C=O) groups excluding carboxylic acids is 1. The SMILES string of the molecule is O=C(CSc1ccccc1)N1CCC(c2nnc3n2CCCCC3)CC1. The van der Waals surface area contributed by atoms with Gasteiger partial charge in [-0.05, 0) is 37.8 Å². The smallest absolute Gasteiger partial charge is 0.232 e. The molecule has 5 nitrogen and oxygen atoms in total. The second kappa shape index (κ2) is 8.25. The van der Waals surface area contributed by atoms with Crippen molar-refractivity contribution in [3.63, 3.8) is 0 Å². The first-order valence-corrected chi connectivity index (χ1v) is 10.7. The van der Waals surface area contributed by atoms with Crippen LogP contribution in [-0.2, 0) is 17.8 Å². The maximum absolute atomic E-state index is 12.5. The van der Waals surface area contributed by atoms with Crippen LogP contribution in [-0.4, -0.2) is 44.4 Å². The maximum atomic E-state index is 12.5. The third kappa shape index (κ3) is 3.95. The molecule has 0 saturated carbocycles. The van der Waals surface area contributed by atoms with Gasteiger partial charge in [-0.2, -0.15) is 0 Å². The first kappa shape index (κ1) is 17.6. The molecule has 0 unspecified atom stereocenters. The Morgan fingerprint density at radius 1 is 1.04 bits per heavy atom. The molecule has 0 radical (unpaired) electrons. The van der Waals surface area contributed by atoms with Gasteiger partial charge in [0.15, 0.2) is 0 Å². The Balaban J connectivity index is 1.31. The number of nitrogens with zero attached hydrogens (tertiary/aromatic N) is 4. The number of benzene rings is 1. The Morgan fingerprint density at radius 3 is 2.65 bits per heavy atom. The summed E-state index contributed by atoms with van der Waals surface area (Å²) in [4.78, 5) is 15.7. The van der Waals surface area contributed by atoms with Crippen LogP contribution in [0.4, 0.5) is 0 Å². The van der Waals surface area contributed by atoms with E-state index in [0.29, 0.717) is 11.7 Å². The predicted molar refractivity (Wildman–Crippen MR) is 103 cm³/mol. The van der Waals surface area contributed by atoms with Crippen LogP contribution in [0.1, 0.15) is 49.7 Å². The standard InChI is InChI=1S/C20H26N4OS/c25-19(15-26-17-7-3-1-4-8-17)23-13-10-16(11-14-23)20-22-21-18-9-5-2-6-12-24(18)20/h1,3-4,7-8,16H,2,5-6,9-15H2. The molecule has 0 bridgehead atoms. The number of amides is 1. The van der Waals surface area contributed by atoms with Crippen LogP contribution in [0.15, 0.2) is 35.2 Å². The summed E-state index contributed by atoms with van der Waals surface area (Å²) in [5.41, 5.74) is 0. The lowest BCUT2D eigenvalue weighted by atomic mass is 9.96. The molecule has 6 heteroatoms.